The second-order valence-electron chi connectivity index (χ2n) is 18.8. The molecule has 66 heavy (non-hydrogen) atoms. The third-order valence-corrected chi connectivity index (χ3v) is 11.4. The van der Waals surface area contributed by atoms with E-state index in [4.69, 9.17) is 30.5 Å². The monoisotopic (exact) mass is 937 g/mol. The first kappa shape index (κ1) is 51.7. The minimum Gasteiger partial charge on any atom is -0.493 e. The van der Waals surface area contributed by atoms with Crippen LogP contribution in [0.2, 0.25) is 5.02 Å². The predicted octanol–water partition coefficient (Wildman–Crippen LogP) is 7.60. The number of piperidine rings is 1. The number of piperazine rings is 1. The molecule has 2 saturated heterocycles. The lowest BCUT2D eigenvalue weighted by atomic mass is 9.88. The van der Waals surface area contributed by atoms with Crippen molar-refractivity contribution < 1.29 is 42.5 Å². The Balaban J connectivity index is 1.19. The van der Waals surface area contributed by atoms with Crippen molar-refractivity contribution >= 4 is 41.5 Å². The van der Waals surface area contributed by atoms with E-state index in [0.717, 1.165) is 16.8 Å². The number of rotatable bonds is 18. The number of carbonyl (C=O) groups excluding carboxylic acids is 4. The van der Waals surface area contributed by atoms with Gasteiger partial charge in [-0.15, -0.1) is 0 Å². The Labute approximate surface area is 394 Å². The second kappa shape index (κ2) is 24.4. The molecule has 2 heterocycles. The SMILES string of the molecule is CCOc1cccc(F)c1CN1CCN(C(=O)[C@H](NC(=O)OCc2ccccc2)C2CCN(CCc3cc(Cl)ccc3NC[C@@H](CNC(=O)OC(C)(C)C)NC(=O)OC(C)(C)C)CC2)CC1. The lowest BCUT2D eigenvalue weighted by Crippen LogP contribution is -2.58. The topological polar surface area (TPSA) is 163 Å². The zero-order valence-electron chi connectivity index (χ0n) is 39.6. The molecular formula is C49H69ClFN7O8. The van der Waals surface area contributed by atoms with E-state index >= 15 is 0 Å². The molecule has 0 radical (unpaired) electrons. The van der Waals surface area contributed by atoms with Crippen LogP contribution in [0.1, 0.15) is 78.0 Å². The Bertz CT molecular complexity index is 2050. The first-order valence-corrected chi connectivity index (χ1v) is 23.3. The van der Waals surface area contributed by atoms with Crippen molar-refractivity contribution in [1.29, 1.82) is 0 Å². The van der Waals surface area contributed by atoms with E-state index in [0.29, 0.717) is 94.6 Å². The van der Waals surface area contributed by atoms with Crippen LogP contribution in [0.25, 0.3) is 0 Å². The fourth-order valence-corrected chi connectivity index (χ4v) is 8.13. The number of benzene rings is 3. The Hall–Kier alpha value is -5.32. The molecule has 2 atom stereocenters. The van der Waals surface area contributed by atoms with Crippen LogP contribution in [0.4, 0.5) is 24.5 Å². The van der Waals surface area contributed by atoms with Crippen LogP contribution in [-0.4, -0.2) is 128 Å². The van der Waals surface area contributed by atoms with Crippen molar-refractivity contribution in [3.05, 3.63) is 94.3 Å². The van der Waals surface area contributed by atoms with Crippen LogP contribution in [0, 0.1) is 11.7 Å². The van der Waals surface area contributed by atoms with Gasteiger partial charge in [0, 0.05) is 68.6 Å². The van der Waals surface area contributed by atoms with E-state index in [1.54, 1.807) is 64.6 Å². The lowest BCUT2D eigenvalue weighted by Gasteiger charge is -2.40. The van der Waals surface area contributed by atoms with Crippen molar-refractivity contribution in [1.82, 2.24) is 30.7 Å². The fourth-order valence-electron chi connectivity index (χ4n) is 7.94. The second-order valence-corrected chi connectivity index (χ2v) is 19.2. The molecule has 17 heteroatoms. The summed E-state index contributed by atoms with van der Waals surface area (Å²) in [5, 5.41) is 12.6. The molecule has 2 fully saturated rings. The van der Waals surface area contributed by atoms with Crippen LogP contribution < -0.4 is 26.0 Å². The summed E-state index contributed by atoms with van der Waals surface area (Å²) in [5.41, 5.74) is 1.75. The van der Waals surface area contributed by atoms with Crippen LogP contribution in [-0.2, 0) is 38.6 Å². The molecule has 3 aromatic rings. The number of halogens is 2. The first-order chi connectivity index (χ1) is 31.4. The average molecular weight is 939 g/mol. The molecule has 362 valence electrons. The molecule has 0 spiro atoms. The standard InChI is InChI=1S/C49H69ClFN7O8/c1-8-63-42-16-12-15-40(51)39(42)32-57-25-27-58(28-26-57)44(59)43(55-46(61)64-33-34-13-10-9-11-14-34)35-19-22-56(23-20-35)24-21-36-29-37(50)17-18-41(36)52-30-38(54-47(62)66-49(5,6)7)31-53-45(60)65-48(2,3)4/h9-18,29,35,38,43,52H,8,19-28,30-33H2,1-7H3,(H,53,60)(H,54,62)(H,55,61)/t38-,43+/m0/s1. The Morgan fingerprint density at radius 2 is 1.47 bits per heavy atom. The third-order valence-electron chi connectivity index (χ3n) is 11.2. The Kier molecular flexibility index (Phi) is 19.1. The van der Waals surface area contributed by atoms with Gasteiger partial charge in [-0.25, -0.2) is 18.8 Å². The number of hydrogen-bond donors (Lipinski definition) is 4. The lowest BCUT2D eigenvalue weighted by molar-refractivity contribution is -0.137. The maximum absolute atomic E-state index is 14.9. The molecule has 0 saturated carbocycles. The highest BCUT2D eigenvalue weighted by Crippen LogP contribution is 2.27. The number of nitrogens with one attached hydrogen (secondary N) is 4. The molecule has 4 N–H and O–H groups in total. The number of ether oxygens (including phenoxy) is 4. The van der Waals surface area contributed by atoms with Gasteiger partial charge >= 0.3 is 18.3 Å². The summed E-state index contributed by atoms with van der Waals surface area (Å²) in [6.07, 6.45) is 0.143. The highest BCUT2D eigenvalue weighted by Gasteiger charge is 2.37. The van der Waals surface area contributed by atoms with Crippen LogP contribution in [0.5, 0.6) is 5.75 Å². The molecule has 3 aromatic carbocycles. The zero-order chi connectivity index (χ0) is 47.9. The Morgan fingerprint density at radius 3 is 2.14 bits per heavy atom. The fraction of sp³-hybridized carbons (Fsp3) is 0.551. The van der Waals surface area contributed by atoms with E-state index in [2.05, 4.69) is 31.1 Å². The van der Waals surface area contributed by atoms with Crippen molar-refractivity contribution in [3.8, 4) is 5.75 Å². The number of alkyl carbamates (subject to hydrolysis) is 3. The summed E-state index contributed by atoms with van der Waals surface area (Å²) >= 11 is 6.50. The van der Waals surface area contributed by atoms with Gasteiger partial charge in [0.1, 0.15) is 35.4 Å². The summed E-state index contributed by atoms with van der Waals surface area (Å²) in [4.78, 5) is 59.2. The van der Waals surface area contributed by atoms with Crippen molar-refractivity contribution in [3.63, 3.8) is 0 Å². The summed E-state index contributed by atoms with van der Waals surface area (Å²) in [6, 6.07) is 18.5. The minimum atomic E-state index is -0.783. The summed E-state index contributed by atoms with van der Waals surface area (Å²) < 4.78 is 37.1. The van der Waals surface area contributed by atoms with Crippen molar-refractivity contribution in [2.24, 2.45) is 5.92 Å². The molecular weight excluding hydrogens is 869 g/mol. The molecule has 0 aromatic heterocycles. The molecule has 2 aliphatic heterocycles. The number of likely N-dealkylation sites (tertiary alicyclic amines) is 1. The van der Waals surface area contributed by atoms with E-state index < -0.39 is 41.6 Å². The number of hydrogen-bond acceptors (Lipinski definition) is 11. The van der Waals surface area contributed by atoms with Gasteiger partial charge in [-0.05, 0) is 128 Å². The third kappa shape index (κ3) is 17.2. The molecule has 2 aliphatic rings. The maximum atomic E-state index is 14.9. The van der Waals surface area contributed by atoms with Gasteiger partial charge in [-0.1, -0.05) is 48.0 Å². The Morgan fingerprint density at radius 1 is 0.788 bits per heavy atom. The first-order valence-electron chi connectivity index (χ1n) is 22.9. The molecule has 15 nitrogen and oxygen atoms in total. The number of nitrogens with zero attached hydrogens (tertiary/aromatic N) is 3. The van der Waals surface area contributed by atoms with Gasteiger partial charge < -0.3 is 50.0 Å². The smallest absolute Gasteiger partial charge is 0.408 e. The molecule has 0 bridgehead atoms. The zero-order valence-corrected chi connectivity index (χ0v) is 40.3. The van der Waals surface area contributed by atoms with Gasteiger partial charge in [-0.3, -0.25) is 9.69 Å². The normalized spacial score (nSPS) is 16.1. The number of anilines is 1. The predicted molar refractivity (Wildman–Crippen MR) is 253 cm³/mol. The maximum Gasteiger partial charge on any atom is 0.408 e. The largest absolute Gasteiger partial charge is 0.493 e. The number of amides is 4. The van der Waals surface area contributed by atoms with E-state index in [-0.39, 0.29) is 37.3 Å². The molecule has 4 amide bonds. The highest BCUT2D eigenvalue weighted by atomic mass is 35.5. The average Bonchev–Trinajstić information content (AvgIpc) is 3.26. The van der Waals surface area contributed by atoms with Crippen molar-refractivity contribution in [2.45, 2.75) is 104 Å². The van der Waals surface area contributed by atoms with Gasteiger partial charge in [0.05, 0.1) is 12.6 Å². The summed E-state index contributed by atoms with van der Waals surface area (Å²) in [7, 11) is 0. The van der Waals surface area contributed by atoms with Crippen LogP contribution in [0.3, 0.4) is 0 Å². The van der Waals surface area contributed by atoms with E-state index in [1.165, 1.54) is 6.07 Å². The molecule has 5 rings (SSSR count). The minimum absolute atomic E-state index is 0.0781. The summed E-state index contributed by atoms with van der Waals surface area (Å²) in [6.45, 7) is 17.8. The van der Waals surface area contributed by atoms with Gasteiger partial charge in [0.15, 0.2) is 0 Å². The number of carbonyl (C=O) groups is 4. The van der Waals surface area contributed by atoms with Gasteiger partial charge in [-0.2, -0.15) is 0 Å². The van der Waals surface area contributed by atoms with Gasteiger partial charge in [0.25, 0.3) is 0 Å². The van der Waals surface area contributed by atoms with E-state index in [1.807, 2.05) is 49.4 Å². The molecule has 0 unspecified atom stereocenters. The quantitative estimate of drug-likeness (QED) is 0.0930. The highest BCUT2D eigenvalue weighted by molar-refractivity contribution is 6.30. The summed E-state index contributed by atoms with van der Waals surface area (Å²) in [5.74, 6) is -0.0795. The molecule has 0 aliphatic carbocycles. The van der Waals surface area contributed by atoms with Crippen LogP contribution in [0.15, 0.2) is 66.7 Å². The van der Waals surface area contributed by atoms with Gasteiger partial charge in [0.2, 0.25) is 5.91 Å². The van der Waals surface area contributed by atoms with Crippen LogP contribution >= 0.6 is 11.6 Å². The van der Waals surface area contributed by atoms with Crippen molar-refractivity contribution in [2.75, 3.05) is 70.8 Å². The van der Waals surface area contributed by atoms with E-state index in [9.17, 15) is 23.6 Å².